The molecule has 1 aromatic carbocycles. The molecule has 1 aliphatic carbocycles. The summed E-state index contributed by atoms with van der Waals surface area (Å²) in [6, 6.07) is 9.52. The predicted octanol–water partition coefficient (Wildman–Crippen LogP) is 1.98. The number of carboxylic acids is 1. The lowest BCUT2D eigenvalue weighted by molar-refractivity contribution is -0.139. The Morgan fingerprint density at radius 3 is 2.70 bits per heavy atom. The van der Waals surface area contributed by atoms with Gasteiger partial charge in [0.2, 0.25) is 0 Å². The van der Waals surface area contributed by atoms with Crippen molar-refractivity contribution in [2.45, 2.75) is 13.0 Å². The molecule has 1 saturated heterocycles. The van der Waals surface area contributed by atoms with Crippen molar-refractivity contribution in [3.63, 3.8) is 0 Å². The van der Waals surface area contributed by atoms with Crippen molar-refractivity contribution in [1.82, 2.24) is 4.90 Å². The summed E-state index contributed by atoms with van der Waals surface area (Å²) in [7, 11) is 0. The molecule has 1 heterocycles. The van der Waals surface area contributed by atoms with Crippen LogP contribution in [0, 0.1) is 17.8 Å². The van der Waals surface area contributed by atoms with Crippen molar-refractivity contribution in [2.75, 3.05) is 13.1 Å². The van der Waals surface area contributed by atoms with Crippen LogP contribution in [-0.2, 0) is 16.1 Å². The van der Waals surface area contributed by atoms with E-state index in [-0.39, 0.29) is 30.5 Å². The fourth-order valence-corrected chi connectivity index (χ4v) is 3.08. The Labute approximate surface area is 117 Å². The molecule has 1 aliphatic heterocycles. The Balaban J connectivity index is 1.50. The number of nitrogens with zero attached hydrogens (tertiary/aromatic N) is 1. The van der Waals surface area contributed by atoms with Crippen LogP contribution in [0.2, 0.25) is 0 Å². The Kier molecular flexibility index (Phi) is 3.34. The number of ether oxygens (including phenoxy) is 1. The van der Waals surface area contributed by atoms with Crippen LogP contribution < -0.4 is 0 Å². The minimum atomic E-state index is -0.737. The molecular weight excluding hydrogens is 258 g/mol. The van der Waals surface area contributed by atoms with Crippen LogP contribution in [-0.4, -0.2) is 35.2 Å². The topological polar surface area (TPSA) is 66.8 Å². The quantitative estimate of drug-likeness (QED) is 0.916. The van der Waals surface area contributed by atoms with Crippen LogP contribution in [0.1, 0.15) is 12.0 Å². The zero-order valence-corrected chi connectivity index (χ0v) is 11.1. The van der Waals surface area contributed by atoms with Crippen molar-refractivity contribution in [1.29, 1.82) is 0 Å². The number of aliphatic carboxylic acids is 1. The van der Waals surface area contributed by atoms with Crippen LogP contribution in [0.3, 0.4) is 0 Å². The smallest absolute Gasteiger partial charge is 0.410 e. The standard InChI is InChI=1S/C15H17NO4/c17-14(18)13-11-6-7-16(8-12(11)13)15(19)20-9-10-4-2-1-3-5-10/h1-5,11-13H,6-9H2,(H,17,18)/t11-,12+,13+/m1/s1. The summed E-state index contributed by atoms with van der Waals surface area (Å²) in [5, 5.41) is 9.03. The van der Waals surface area contributed by atoms with Gasteiger partial charge < -0.3 is 14.7 Å². The molecule has 2 aliphatic rings. The monoisotopic (exact) mass is 275 g/mol. The van der Waals surface area contributed by atoms with Crippen molar-refractivity contribution in [3.05, 3.63) is 35.9 Å². The van der Waals surface area contributed by atoms with Gasteiger partial charge >= 0.3 is 12.1 Å². The molecule has 1 N–H and O–H groups in total. The van der Waals surface area contributed by atoms with Gasteiger partial charge in [0.15, 0.2) is 0 Å². The van der Waals surface area contributed by atoms with Crippen molar-refractivity contribution in [2.24, 2.45) is 17.8 Å². The lowest BCUT2D eigenvalue weighted by Crippen LogP contribution is -2.37. The van der Waals surface area contributed by atoms with Crippen LogP contribution >= 0.6 is 0 Å². The first-order valence-corrected chi connectivity index (χ1v) is 6.85. The zero-order valence-electron chi connectivity index (χ0n) is 11.1. The number of likely N-dealkylation sites (tertiary alicyclic amines) is 1. The first-order chi connectivity index (χ1) is 9.66. The number of rotatable bonds is 3. The number of amides is 1. The summed E-state index contributed by atoms with van der Waals surface area (Å²) in [6.45, 7) is 1.36. The number of hydrogen-bond donors (Lipinski definition) is 1. The number of fused-ring (bicyclic) bond motifs is 1. The number of carbonyl (C=O) groups is 2. The van der Waals surface area contributed by atoms with Gasteiger partial charge in [-0.3, -0.25) is 4.79 Å². The highest BCUT2D eigenvalue weighted by atomic mass is 16.6. The molecule has 20 heavy (non-hydrogen) atoms. The molecular formula is C15H17NO4. The molecule has 5 nitrogen and oxygen atoms in total. The van der Waals surface area contributed by atoms with Crippen LogP contribution in [0.25, 0.3) is 0 Å². The van der Waals surface area contributed by atoms with Gasteiger partial charge in [-0.25, -0.2) is 4.79 Å². The van der Waals surface area contributed by atoms with E-state index in [9.17, 15) is 9.59 Å². The van der Waals surface area contributed by atoms with Gasteiger partial charge in [-0.2, -0.15) is 0 Å². The van der Waals surface area contributed by atoms with Crippen LogP contribution in [0.4, 0.5) is 4.79 Å². The molecule has 0 spiro atoms. The second-order valence-electron chi connectivity index (χ2n) is 5.47. The lowest BCUT2D eigenvalue weighted by Gasteiger charge is -2.25. The van der Waals surface area contributed by atoms with Crippen molar-refractivity contribution >= 4 is 12.1 Å². The molecule has 0 aromatic heterocycles. The molecule has 0 radical (unpaired) electrons. The fraction of sp³-hybridized carbons (Fsp3) is 0.467. The van der Waals surface area contributed by atoms with Gasteiger partial charge in [-0.15, -0.1) is 0 Å². The van der Waals surface area contributed by atoms with E-state index < -0.39 is 5.97 Å². The van der Waals surface area contributed by atoms with Gasteiger partial charge in [0, 0.05) is 13.1 Å². The van der Waals surface area contributed by atoms with E-state index in [1.54, 1.807) is 4.90 Å². The SMILES string of the molecule is O=C(O)[C@H]1[C@@H]2CCN(C(=O)OCc3ccccc3)C[C@@H]21. The van der Waals surface area contributed by atoms with Gasteiger partial charge in [0.05, 0.1) is 5.92 Å². The van der Waals surface area contributed by atoms with Crippen LogP contribution in [0.15, 0.2) is 30.3 Å². The Bertz CT molecular complexity index is 516. The summed E-state index contributed by atoms with van der Waals surface area (Å²) >= 11 is 0. The number of benzene rings is 1. The predicted molar refractivity (Wildman–Crippen MR) is 70.9 cm³/mol. The fourth-order valence-electron chi connectivity index (χ4n) is 3.08. The molecule has 0 unspecified atom stereocenters. The third kappa shape index (κ3) is 2.48. The van der Waals surface area contributed by atoms with Gasteiger partial charge in [-0.05, 0) is 23.8 Å². The van der Waals surface area contributed by atoms with Crippen molar-refractivity contribution < 1.29 is 19.4 Å². The molecule has 1 aromatic rings. The van der Waals surface area contributed by atoms with E-state index in [1.807, 2.05) is 30.3 Å². The Morgan fingerprint density at radius 2 is 2.00 bits per heavy atom. The normalized spacial score (nSPS) is 27.6. The first-order valence-electron chi connectivity index (χ1n) is 6.85. The molecule has 1 saturated carbocycles. The molecule has 2 fully saturated rings. The highest BCUT2D eigenvalue weighted by Crippen LogP contribution is 2.51. The molecule has 1 amide bonds. The molecule has 0 bridgehead atoms. The third-order valence-corrected chi connectivity index (χ3v) is 4.24. The minimum absolute atomic E-state index is 0.116. The van der Waals surface area contributed by atoms with Gasteiger partial charge in [-0.1, -0.05) is 30.3 Å². The highest BCUT2D eigenvalue weighted by molar-refractivity contribution is 5.75. The zero-order chi connectivity index (χ0) is 14.1. The summed E-state index contributed by atoms with van der Waals surface area (Å²) in [4.78, 5) is 24.6. The minimum Gasteiger partial charge on any atom is -0.481 e. The molecule has 106 valence electrons. The van der Waals surface area contributed by atoms with Gasteiger partial charge in [0.25, 0.3) is 0 Å². The van der Waals surface area contributed by atoms with Gasteiger partial charge in [0.1, 0.15) is 6.61 Å². The largest absolute Gasteiger partial charge is 0.481 e. The highest BCUT2D eigenvalue weighted by Gasteiger charge is 2.57. The third-order valence-electron chi connectivity index (χ3n) is 4.24. The first kappa shape index (κ1) is 13.0. The van der Waals surface area contributed by atoms with E-state index in [4.69, 9.17) is 9.84 Å². The second-order valence-corrected chi connectivity index (χ2v) is 5.47. The Hall–Kier alpha value is -2.04. The summed E-state index contributed by atoms with van der Waals surface area (Å²) in [5.74, 6) is -0.627. The second kappa shape index (κ2) is 5.15. The summed E-state index contributed by atoms with van der Waals surface area (Å²) in [6.07, 6.45) is 0.422. The maximum Gasteiger partial charge on any atom is 0.410 e. The number of piperidine rings is 1. The maximum absolute atomic E-state index is 12.0. The van der Waals surface area contributed by atoms with E-state index in [1.165, 1.54) is 0 Å². The number of carbonyl (C=O) groups excluding carboxylic acids is 1. The van der Waals surface area contributed by atoms with Crippen molar-refractivity contribution in [3.8, 4) is 0 Å². The lowest BCUT2D eigenvalue weighted by atomic mass is 10.1. The molecule has 5 heteroatoms. The number of hydrogen-bond acceptors (Lipinski definition) is 3. The summed E-state index contributed by atoms with van der Waals surface area (Å²) < 4.78 is 5.27. The van der Waals surface area contributed by atoms with E-state index in [0.717, 1.165) is 12.0 Å². The average molecular weight is 275 g/mol. The Morgan fingerprint density at radius 1 is 1.25 bits per heavy atom. The average Bonchev–Trinajstić information content (AvgIpc) is 3.19. The number of carboxylic acid groups (broad SMARTS) is 1. The van der Waals surface area contributed by atoms with E-state index in [2.05, 4.69) is 0 Å². The van der Waals surface area contributed by atoms with Crippen LogP contribution in [0.5, 0.6) is 0 Å². The van der Waals surface area contributed by atoms with E-state index >= 15 is 0 Å². The van der Waals surface area contributed by atoms with E-state index in [0.29, 0.717) is 13.1 Å². The molecule has 3 rings (SSSR count). The maximum atomic E-state index is 12.0. The summed E-state index contributed by atoms with van der Waals surface area (Å²) in [5.41, 5.74) is 0.950. The molecule has 3 atom stereocenters.